The molecule has 0 unspecified atom stereocenters. The van der Waals surface area contributed by atoms with Gasteiger partial charge in [0.1, 0.15) is 5.75 Å². The molecule has 0 radical (unpaired) electrons. The highest BCUT2D eigenvalue weighted by molar-refractivity contribution is 6.00. The van der Waals surface area contributed by atoms with E-state index in [1.54, 1.807) is 17.0 Å². The van der Waals surface area contributed by atoms with E-state index in [0.29, 0.717) is 36.7 Å². The van der Waals surface area contributed by atoms with E-state index in [9.17, 15) is 19.5 Å². The van der Waals surface area contributed by atoms with E-state index in [-0.39, 0.29) is 54.3 Å². The van der Waals surface area contributed by atoms with Gasteiger partial charge in [-0.05, 0) is 77.0 Å². The summed E-state index contributed by atoms with van der Waals surface area (Å²) in [4.78, 5) is 44.3. The first-order valence-electron chi connectivity index (χ1n) is 17.6. The summed E-state index contributed by atoms with van der Waals surface area (Å²) in [6.45, 7) is 7.06. The number of aliphatic hydroxyl groups excluding tert-OH is 1. The summed E-state index contributed by atoms with van der Waals surface area (Å²) >= 11 is 0. The Hall–Kier alpha value is -2.65. The highest BCUT2D eigenvalue weighted by Gasteiger charge is 2.32. The standard InChI is InChI=1S/C36H57N3O6/c1-25-22-39(26(2)24-40)36(43)31-21-30(37-34(41)28-14-7-5-8-15-28)18-19-32(31)45-27(3)13-11-12-20-44-33(25)23-38(4)35(42)29-16-9-6-10-17-29/h18-19,21,25-29,33,40H,5-17,20,22-24H2,1-4H3,(H,37,41)/t25-,26+,27+,33+/m1/s1. The molecule has 9 nitrogen and oxygen atoms in total. The van der Waals surface area contributed by atoms with Gasteiger partial charge in [-0.3, -0.25) is 14.4 Å². The lowest BCUT2D eigenvalue weighted by molar-refractivity contribution is -0.138. The van der Waals surface area contributed by atoms with Gasteiger partial charge in [-0.1, -0.05) is 45.4 Å². The fraction of sp³-hybridized carbons (Fsp3) is 0.750. The fourth-order valence-corrected chi connectivity index (χ4v) is 7.09. The van der Waals surface area contributed by atoms with Crippen LogP contribution in [0.5, 0.6) is 5.75 Å². The average Bonchev–Trinajstić information content (AvgIpc) is 3.06. The van der Waals surface area contributed by atoms with Crippen LogP contribution in [0.25, 0.3) is 0 Å². The van der Waals surface area contributed by atoms with Crippen molar-refractivity contribution in [3.8, 4) is 5.75 Å². The van der Waals surface area contributed by atoms with Gasteiger partial charge in [0.15, 0.2) is 0 Å². The van der Waals surface area contributed by atoms with E-state index in [1.165, 1.54) is 12.8 Å². The Labute approximate surface area is 270 Å². The number of amides is 3. The number of likely N-dealkylation sites (N-methyl/N-ethyl adjacent to an activating group) is 1. The monoisotopic (exact) mass is 627 g/mol. The minimum absolute atomic E-state index is 0.00151. The highest BCUT2D eigenvalue weighted by Crippen LogP contribution is 2.31. The van der Waals surface area contributed by atoms with Gasteiger partial charge in [0.2, 0.25) is 11.8 Å². The first kappa shape index (κ1) is 35.2. The van der Waals surface area contributed by atoms with E-state index in [1.807, 2.05) is 31.9 Å². The molecular weight excluding hydrogens is 570 g/mol. The number of fused-ring (bicyclic) bond motifs is 1. The van der Waals surface area contributed by atoms with Crippen LogP contribution in [-0.2, 0) is 14.3 Å². The Morgan fingerprint density at radius 3 is 2.29 bits per heavy atom. The topological polar surface area (TPSA) is 108 Å². The SMILES string of the molecule is C[C@@H]1CN([C@@H](C)CO)C(=O)c2cc(NC(=O)C3CCCCC3)ccc2O[C@@H](C)CCCCO[C@H]1CN(C)C(=O)C1CCCCC1. The third kappa shape index (κ3) is 9.92. The molecule has 0 aromatic heterocycles. The van der Waals surface area contributed by atoms with Crippen molar-refractivity contribution < 1.29 is 29.0 Å². The molecule has 1 heterocycles. The number of rotatable bonds is 7. The maximum absolute atomic E-state index is 14.4. The van der Waals surface area contributed by atoms with E-state index in [2.05, 4.69) is 12.2 Å². The van der Waals surface area contributed by atoms with Crippen molar-refractivity contribution in [3.05, 3.63) is 23.8 Å². The summed E-state index contributed by atoms with van der Waals surface area (Å²) in [6, 6.07) is 4.87. The molecule has 1 aromatic rings. The first-order valence-corrected chi connectivity index (χ1v) is 17.6. The molecule has 9 heteroatoms. The summed E-state index contributed by atoms with van der Waals surface area (Å²) in [7, 11) is 1.87. The molecule has 2 N–H and O–H groups in total. The van der Waals surface area contributed by atoms with Crippen molar-refractivity contribution >= 4 is 23.4 Å². The maximum Gasteiger partial charge on any atom is 0.258 e. The van der Waals surface area contributed by atoms with Crippen LogP contribution >= 0.6 is 0 Å². The molecule has 2 aliphatic carbocycles. The largest absolute Gasteiger partial charge is 0.490 e. The van der Waals surface area contributed by atoms with Crippen LogP contribution in [0.1, 0.15) is 115 Å². The molecule has 252 valence electrons. The number of ether oxygens (including phenoxy) is 2. The van der Waals surface area contributed by atoms with Gasteiger partial charge in [-0.15, -0.1) is 0 Å². The number of hydrogen-bond donors (Lipinski definition) is 2. The second kappa shape index (κ2) is 17.3. The van der Waals surface area contributed by atoms with Crippen LogP contribution in [0.15, 0.2) is 18.2 Å². The Morgan fingerprint density at radius 2 is 1.62 bits per heavy atom. The molecule has 0 spiro atoms. The van der Waals surface area contributed by atoms with Crippen LogP contribution in [0, 0.1) is 17.8 Å². The molecule has 4 atom stereocenters. The number of aliphatic hydroxyl groups is 1. The molecule has 3 aliphatic rings. The van der Waals surface area contributed by atoms with Gasteiger partial charge < -0.3 is 29.7 Å². The van der Waals surface area contributed by atoms with Gasteiger partial charge in [0, 0.05) is 50.2 Å². The van der Waals surface area contributed by atoms with Gasteiger partial charge >= 0.3 is 0 Å². The van der Waals surface area contributed by atoms with Crippen molar-refractivity contribution in [3.63, 3.8) is 0 Å². The molecule has 4 rings (SSSR count). The van der Waals surface area contributed by atoms with Crippen LogP contribution in [0.4, 0.5) is 5.69 Å². The van der Waals surface area contributed by atoms with E-state index in [4.69, 9.17) is 9.47 Å². The molecule has 1 aromatic carbocycles. The summed E-state index contributed by atoms with van der Waals surface area (Å²) in [5, 5.41) is 13.3. The van der Waals surface area contributed by atoms with Gasteiger partial charge in [-0.2, -0.15) is 0 Å². The summed E-state index contributed by atoms with van der Waals surface area (Å²) in [5.74, 6) is 0.366. The van der Waals surface area contributed by atoms with Gasteiger partial charge in [0.25, 0.3) is 5.91 Å². The second-order valence-electron chi connectivity index (χ2n) is 13.9. The Bertz CT molecular complexity index is 1120. The van der Waals surface area contributed by atoms with Crippen LogP contribution in [0.2, 0.25) is 0 Å². The number of benzene rings is 1. The Kier molecular flexibility index (Phi) is 13.5. The summed E-state index contributed by atoms with van der Waals surface area (Å²) in [5.41, 5.74) is 0.943. The number of nitrogens with one attached hydrogen (secondary N) is 1. The normalized spacial score (nSPS) is 25.4. The van der Waals surface area contributed by atoms with E-state index in [0.717, 1.165) is 70.6 Å². The van der Waals surface area contributed by atoms with Crippen molar-refractivity contribution in [1.29, 1.82) is 0 Å². The average molecular weight is 628 g/mol. The zero-order valence-corrected chi connectivity index (χ0v) is 28.1. The zero-order valence-electron chi connectivity index (χ0n) is 28.1. The van der Waals surface area contributed by atoms with Crippen molar-refractivity contribution in [2.24, 2.45) is 17.8 Å². The Morgan fingerprint density at radius 1 is 0.978 bits per heavy atom. The Balaban J connectivity index is 1.58. The molecule has 0 saturated heterocycles. The first-order chi connectivity index (χ1) is 21.7. The molecule has 2 saturated carbocycles. The molecular formula is C36H57N3O6. The predicted octanol–water partition coefficient (Wildman–Crippen LogP) is 6.04. The molecule has 0 bridgehead atoms. The molecule has 1 aliphatic heterocycles. The van der Waals surface area contributed by atoms with Crippen LogP contribution in [-0.4, -0.2) is 84.2 Å². The van der Waals surface area contributed by atoms with Crippen LogP contribution in [0.3, 0.4) is 0 Å². The van der Waals surface area contributed by atoms with E-state index < -0.39 is 6.04 Å². The highest BCUT2D eigenvalue weighted by atomic mass is 16.5. The molecule has 2 fully saturated rings. The number of carbonyl (C=O) groups excluding carboxylic acids is 3. The number of nitrogens with zero attached hydrogens (tertiary/aromatic N) is 2. The number of carbonyl (C=O) groups is 3. The van der Waals surface area contributed by atoms with Crippen molar-refractivity contribution in [2.75, 3.05) is 38.7 Å². The number of hydrogen-bond acceptors (Lipinski definition) is 6. The third-order valence-electron chi connectivity index (χ3n) is 10.1. The number of anilines is 1. The van der Waals surface area contributed by atoms with Crippen molar-refractivity contribution in [2.45, 2.75) is 122 Å². The maximum atomic E-state index is 14.4. The lowest BCUT2D eigenvalue weighted by Crippen LogP contribution is -2.48. The van der Waals surface area contributed by atoms with E-state index >= 15 is 0 Å². The predicted molar refractivity (Wildman–Crippen MR) is 176 cm³/mol. The quantitative estimate of drug-likeness (QED) is 0.382. The molecule has 3 amide bonds. The second-order valence-corrected chi connectivity index (χ2v) is 13.9. The lowest BCUT2D eigenvalue weighted by atomic mass is 9.88. The summed E-state index contributed by atoms with van der Waals surface area (Å²) in [6.07, 6.45) is 12.6. The lowest BCUT2D eigenvalue weighted by Gasteiger charge is -2.36. The minimum Gasteiger partial charge on any atom is -0.490 e. The van der Waals surface area contributed by atoms with Crippen LogP contribution < -0.4 is 10.1 Å². The van der Waals surface area contributed by atoms with Gasteiger partial charge in [-0.25, -0.2) is 0 Å². The fourth-order valence-electron chi connectivity index (χ4n) is 7.09. The van der Waals surface area contributed by atoms with Gasteiger partial charge in [0.05, 0.1) is 30.4 Å². The van der Waals surface area contributed by atoms with Crippen molar-refractivity contribution in [1.82, 2.24) is 9.80 Å². The zero-order chi connectivity index (χ0) is 32.3. The molecule has 45 heavy (non-hydrogen) atoms. The summed E-state index contributed by atoms with van der Waals surface area (Å²) < 4.78 is 12.8. The minimum atomic E-state index is -0.458. The third-order valence-corrected chi connectivity index (χ3v) is 10.1. The smallest absolute Gasteiger partial charge is 0.258 e.